The van der Waals surface area contributed by atoms with Crippen molar-refractivity contribution in [3.05, 3.63) is 53.0 Å². The molecule has 0 radical (unpaired) electrons. The van der Waals surface area contributed by atoms with Gasteiger partial charge in [-0.2, -0.15) is 0 Å². The summed E-state index contributed by atoms with van der Waals surface area (Å²) >= 11 is 5.14. The maximum atomic E-state index is 12.6. The van der Waals surface area contributed by atoms with Crippen LogP contribution in [0.3, 0.4) is 0 Å². The molecule has 28 heavy (non-hydrogen) atoms. The smallest absolute Gasteiger partial charge is 0.244 e. The normalized spacial score (nSPS) is 10.4. The van der Waals surface area contributed by atoms with E-state index in [1.54, 1.807) is 35.9 Å². The number of benzene rings is 2. The highest BCUT2D eigenvalue weighted by molar-refractivity contribution is 9.10. The van der Waals surface area contributed by atoms with E-state index in [0.29, 0.717) is 30.2 Å². The molecule has 0 saturated carbocycles. The number of hydrogen-bond acceptors (Lipinski definition) is 4. The van der Waals surface area contributed by atoms with E-state index >= 15 is 0 Å². The van der Waals surface area contributed by atoms with E-state index in [0.717, 1.165) is 15.8 Å². The van der Waals surface area contributed by atoms with Crippen molar-refractivity contribution in [3.8, 4) is 5.75 Å². The fraction of sp³-hybridized carbons (Fsp3) is 0.333. The Morgan fingerprint density at radius 3 is 2.57 bits per heavy atom. The molecule has 0 aliphatic carbocycles. The number of amides is 2. The van der Waals surface area contributed by atoms with E-state index in [1.807, 2.05) is 43.3 Å². The van der Waals surface area contributed by atoms with Gasteiger partial charge in [0.05, 0.1) is 19.3 Å². The van der Waals surface area contributed by atoms with Crippen LogP contribution in [0.25, 0.3) is 0 Å². The Hall–Kier alpha value is -1.99. The van der Waals surface area contributed by atoms with Crippen LogP contribution >= 0.6 is 27.7 Å². The zero-order valence-corrected chi connectivity index (χ0v) is 18.5. The average molecular weight is 465 g/mol. The largest absolute Gasteiger partial charge is 0.495 e. The lowest BCUT2D eigenvalue weighted by atomic mass is 10.3. The van der Waals surface area contributed by atoms with E-state index in [-0.39, 0.29) is 18.4 Å². The number of para-hydroxylation sites is 2. The molecule has 0 unspecified atom stereocenters. The topological polar surface area (TPSA) is 58.6 Å². The number of thioether (sulfide) groups is 1. The van der Waals surface area contributed by atoms with Gasteiger partial charge in [0.15, 0.2) is 0 Å². The number of carbonyl (C=O) groups excluding carboxylic acids is 2. The van der Waals surface area contributed by atoms with E-state index < -0.39 is 0 Å². The lowest BCUT2D eigenvalue weighted by Crippen LogP contribution is -2.38. The van der Waals surface area contributed by atoms with Crippen molar-refractivity contribution in [2.45, 2.75) is 24.7 Å². The van der Waals surface area contributed by atoms with Gasteiger partial charge in [-0.15, -0.1) is 11.8 Å². The third-order valence-corrected chi connectivity index (χ3v) is 6.00. The van der Waals surface area contributed by atoms with Crippen LogP contribution in [0.5, 0.6) is 5.75 Å². The molecule has 1 N–H and O–H groups in total. The van der Waals surface area contributed by atoms with Crippen molar-refractivity contribution in [1.82, 2.24) is 4.90 Å². The molecule has 0 spiro atoms. The Balaban J connectivity index is 1.89. The van der Waals surface area contributed by atoms with E-state index in [9.17, 15) is 9.59 Å². The monoisotopic (exact) mass is 464 g/mol. The Bertz CT molecular complexity index is 801. The first-order valence-corrected chi connectivity index (χ1v) is 10.9. The SMILES string of the molecule is CCCN(CC(=O)Nc1ccccc1OC)C(=O)CCSc1ccccc1Br. The Morgan fingerprint density at radius 1 is 1.14 bits per heavy atom. The lowest BCUT2D eigenvalue weighted by molar-refractivity contribution is -0.134. The molecule has 2 rings (SSSR count). The maximum absolute atomic E-state index is 12.6. The van der Waals surface area contributed by atoms with Crippen LogP contribution in [-0.4, -0.2) is 42.7 Å². The number of nitrogens with one attached hydrogen (secondary N) is 1. The van der Waals surface area contributed by atoms with Crippen LogP contribution in [0.4, 0.5) is 5.69 Å². The number of hydrogen-bond donors (Lipinski definition) is 1. The first-order valence-electron chi connectivity index (χ1n) is 9.13. The van der Waals surface area contributed by atoms with Crippen LogP contribution in [0.15, 0.2) is 57.9 Å². The Kier molecular flexibility index (Phi) is 9.37. The molecule has 5 nitrogen and oxygen atoms in total. The summed E-state index contributed by atoms with van der Waals surface area (Å²) in [6, 6.07) is 15.2. The molecule has 7 heteroatoms. The van der Waals surface area contributed by atoms with Gasteiger partial charge in [0.25, 0.3) is 0 Å². The Labute approximate surface area is 179 Å². The molecule has 2 aromatic carbocycles. The minimum absolute atomic E-state index is 0.0171. The molecular formula is C21H25BrN2O3S. The fourth-order valence-corrected chi connectivity index (χ4v) is 4.15. The first-order chi connectivity index (χ1) is 13.5. The van der Waals surface area contributed by atoms with Gasteiger partial charge in [-0.25, -0.2) is 0 Å². The van der Waals surface area contributed by atoms with Crippen molar-refractivity contribution in [3.63, 3.8) is 0 Å². The van der Waals surface area contributed by atoms with Crippen molar-refractivity contribution >= 4 is 45.2 Å². The average Bonchev–Trinajstić information content (AvgIpc) is 2.69. The summed E-state index contributed by atoms with van der Waals surface area (Å²) in [6.07, 6.45) is 1.18. The number of halogens is 1. The molecule has 0 saturated heterocycles. The predicted octanol–water partition coefficient (Wildman–Crippen LogP) is 4.82. The molecule has 0 aliphatic heterocycles. The second-order valence-corrected chi connectivity index (χ2v) is 8.08. The summed E-state index contributed by atoms with van der Waals surface area (Å²) in [5.74, 6) is 1.01. The fourth-order valence-electron chi connectivity index (χ4n) is 2.64. The van der Waals surface area contributed by atoms with Gasteiger partial charge in [0, 0.05) is 28.1 Å². The van der Waals surface area contributed by atoms with Crippen LogP contribution in [0.1, 0.15) is 19.8 Å². The summed E-state index contributed by atoms with van der Waals surface area (Å²) in [4.78, 5) is 27.8. The third-order valence-electron chi connectivity index (χ3n) is 3.97. The molecule has 0 fully saturated rings. The van der Waals surface area contributed by atoms with Crippen LogP contribution in [0, 0.1) is 0 Å². The zero-order chi connectivity index (χ0) is 20.4. The van der Waals surface area contributed by atoms with Gasteiger partial charge in [0.1, 0.15) is 5.75 Å². The number of methoxy groups -OCH3 is 1. The highest BCUT2D eigenvalue weighted by Gasteiger charge is 2.17. The second-order valence-electron chi connectivity index (χ2n) is 6.09. The van der Waals surface area contributed by atoms with Gasteiger partial charge in [0.2, 0.25) is 11.8 Å². The predicted molar refractivity (Wildman–Crippen MR) is 118 cm³/mol. The zero-order valence-electron chi connectivity index (χ0n) is 16.1. The van der Waals surface area contributed by atoms with E-state index in [4.69, 9.17) is 4.74 Å². The van der Waals surface area contributed by atoms with Gasteiger partial charge in [-0.3, -0.25) is 9.59 Å². The van der Waals surface area contributed by atoms with Gasteiger partial charge in [-0.05, 0) is 46.6 Å². The highest BCUT2D eigenvalue weighted by Crippen LogP contribution is 2.27. The van der Waals surface area contributed by atoms with Crippen molar-refractivity contribution in [2.24, 2.45) is 0 Å². The minimum Gasteiger partial charge on any atom is -0.495 e. The highest BCUT2D eigenvalue weighted by atomic mass is 79.9. The van der Waals surface area contributed by atoms with Crippen molar-refractivity contribution in [2.75, 3.05) is 31.3 Å². The number of carbonyl (C=O) groups is 2. The van der Waals surface area contributed by atoms with Gasteiger partial charge < -0.3 is 15.0 Å². The van der Waals surface area contributed by atoms with Crippen LogP contribution in [0.2, 0.25) is 0 Å². The molecule has 0 aliphatic rings. The van der Waals surface area contributed by atoms with Gasteiger partial charge >= 0.3 is 0 Å². The molecular weight excluding hydrogens is 440 g/mol. The molecule has 2 amide bonds. The molecule has 0 bridgehead atoms. The molecule has 0 atom stereocenters. The molecule has 2 aromatic rings. The van der Waals surface area contributed by atoms with E-state index in [1.165, 1.54) is 0 Å². The number of nitrogens with zero attached hydrogens (tertiary/aromatic N) is 1. The summed E-state index contributed by atoms with van der Waals surface area (Å²) in [6.45, 7) is 2.58. The second kappa shape index (κ2) is 11.8. The molecule has 0 aromatic heterocycles. The quantitative estimate of drug-likeness (QED) is 0.512. The van der Waals surface area contributed by atoms with Crippen molar-refractivity contribution < 1.29 is 14.3 Å². The summed E-state index contributed by atoms with van der Waals surface area (Å²) in [5.41, 5.74) is 0.600. The summed E-state index contributed by atoms with van der Waals surface area (Å²) in [7, 11) is 1.56. The summed E-state index contributed by atoms with van der Waals surface area (Å²) < 4.78 is 6.27. The first kappa shape index (κ1) is 22.3. The third kappa shape index (κ3) is 6.87. The standard InChI is InChI=1S/C21H25BrN2O3S/c1-3-13-24(15-20(25)23-17-9-5-6-10-18(17)27-2)21(26)12-14-28-19-11-7-4-8-16(19)22/h4-11H,3,12-15H2,1-2H3,(H,23,25). The van der Waals surface area contributed by atoms with Gasteiger partial charge in [-0.1, -0.05) is 31.2 Å². The van der Waals surface area contributed by atoms with Crippen LogP contribution < -0.4 is 10.1 Å². The number of rotatable bonds is 10. The lowest BCUT2D eigenvalue weighted by Gasteiger charge is -2.22. The van der Waals surface area contributed by atoms with E-state index in [2.05, 4.69) is 21.2 Å². The number of ether oxygens (including phenoxy) is 1. The van der Waals surface area contributed by atoms with Crippen molar-refractivity contribution in [1.29, 1.82) is 0 Å². The summed E-state index contributed by atoms with van der Waals surface area (Å²) in [5, 5.41) is 2.83. The number of anilines is 1. The Morgan fingerprint density at radius 2 is 1.86 bits per heavy atom. The van der Waals surface area contributed by atoms with Crippen LogP contribution in [-0.2, 0) is 9.59 Å². The maximum Gasteiger partial charge on any atom is 0.244 e. The molecule has 0 heterocycles. The minimum atomic E-state index is -0.232. The molecule has 150 valence electrons.